The molecule has 4 nitrogen and oxygen atoms in total. The van der Waals surface area contributed by atoms with Gasteiger partial charge in [-0.05, 0) is 12.1 Å². The van der Waals surface area contributed by atoms with Crippen molar-refractivity contribution in [2.45, 2.75) is 12.8 Å². The Morgan fingerprint density at radius 2 is 2.23 bits per heavy atom. The Morgan fingerprint density at radius 3 is 2.77 bits per heavy atom. The largest absolute Gasteiger partial charge is 0.468 e. The third kappa shape index (κ3) is 3.59. The van der Waals surface area contributed by atoms with Gasteiger partial charge in [0.1, 0.15) is 5.76 Å². The summed E-state index contributed by atoms with van der Waals surface area (Å²) in [6.07, 6.45) is 1.45. The average Bonchev–Trinajstić information content (AvgIpc) is 2.65. The minimum atomic E-state index is -0.199. The van der Waals surface area contributed by atoms with Crippen molar-refractivity contribution in [1.82, 2.24) is 5.32 Å². The fraction of sp³-hybridized carbons (Fsp3) is 0.556. The van der Waals surface area contributed by atoms with Crippen LogP contribution in [0.3, 0.4) is 0 Å². The molecular weight excluding hydrogens is 170 g/mol. The summed E-state index contributed by atoms with van der Waals surface area (Å²) in [6.45, 7) is 1.34. The summed E-state index contributed by atoms with van der Waals surface area (Å²) in [6, 6.07) is 3.78. The highest BCUT2D eigenvalue weighted by molar-refractivity contribution is 4.97. The zero-order valence-corrected chi connectivity index (χ0v) is 7.95. The lowest BCUT2D eigenvalue weighted by Gasteiger charge is -2.13. The smallest absolute Gasteiger partial charge is 0.169 e. The highest BCUT2D eigenvalue weighted by Crippen LogP contribution is 1.98. The van der Waals surface area contributed by atoms with E-state index in [4.69, 9.17) is 13.9 Å². The number of hydrogen-bond donors (Lipinski definition) is 1. The second-order valence-electron chi connectivity index (χ2n) is 2.61. The molecule has 0 atom stereocenters. The Morgan fingerprint density at radius 1 is 1.46 bits per heavy atom. The highest BCUT2D eigenvalue weighted by atomic mass is 16.7. The number of furan rings is 1. The van der Waals surface area contributed by atoms with Crippen molar-refractivity contribution in [3.05, 3.63) is 24.2 Å². The Hall–Kier alpha value is -0.840. The molecule has 0 aliphatic rings. The molecule has 0 bridgehead atoms. The van der Waals surface area contributed by atoms with Gasteiger partial charge in [-0.3, -0.25) is 0 Å². The summed E-state index contributed by atoms with van der Waals surface area (Å²) in [7, 11) is 3.23. The number of ether oxygens (including phenoxy) is 2. The molecule has 0 amide bonds. The first-order valence-electron chi connectivity index (χ1n) is 4.15. The van der Waals surface area contributed by atoms with E-state index in [9.17, 15) is 0 Å². The van der Waals surface area contributed by atoms with Crippen LogP contribution in [0, 0.1) is 0 Å². The van der Waals surface area contributed by atoms with Crippen LogP contribution in [0.1, 0.15) is 5.76 Å². The van der Waals surface area contributed by atoms with E-state index in [1.165, 1.54) is 0 Å². The van der Waals surface area contributed by atoms with Crippen molar-refractivity contribution in [3.63, 3.8) is 0 Å². The van der Waals surface area contributed by atoms with Gasteiger partial charge in [0.05, 0.1) is 12.8 Å². The van der Waals surface area contributed by atoms with Crippen molar-refractivity contribution in [2.24, 2.45) is 0 Å². The van der Waals surface area contributed by atoms with Crippen molar-refractivity contribution in [1.29, 1.82) is 0 Å². The minimum Gasteiger partial charge on any atom is -0.468 e. The fourth-order valence-corrected chi connectivity index (χ4v) is 0.989. The molecule has 0 fully saturated rings. The topological polar surface area (TPSA) is 43.6 Å². The SMILES string of the molecule is COC(CNCc1ccco1)OC. The first kappa shape index (κ1) is 10.2. The number of rotatable bonds is 6. The van der Waals surface area contributed by atoms with Gasteiger partial charge in [0, 0.05) is 20.8 Å². The Bertz CT molecular complexity index is 207. The molecule has 0 spiro atoms. The van der Waals surface area contributed by atoms with Gasteiger partial charge in [-0.1, -0.05) is 0 Å². The Labute approximate surface area is 77.8 Å². The van der Waals surface area contributed by atoms with Gasteiger partial charge in [0.2, 0.25) is 0 Å². The Kier molecular flexibility index (Phi) is 4.53. The minimum absolute atomic E-state index is 0.199. The third-order valence-electron chi connectivity index (χ3n) is 1.72. The summed E-state index contributed by atoms with van der Waals surface area (Å²) in [5.74, 6) is 0.908. The lowest BCUT2D eigenvalue weighted by molar-refractivity contribution is -0.0990. The summed E-state index contributed by atoms with van der Waals surface area (Å²) in [5.41, 5.74) is 0. The number of nitrogens with one attached hydrogen (secondary N) is 1. The monoisotopic (exact) mass is 185 g/mol. The molecule has 4 heteroatoms. The molecule has 13 heavy (non-hydrogen) atoms. The quantitative estimate of drug-likeness (QED) is 0.671. The second-order valence-corrected chi connectivity index (χ2v) is 2.61. The van der Waals surface area contributed by atoms with Crippen LogP contribution < -0.4 is 5.32 Å². The summed E-state index contributed by atoms with van der Waals surface area (Å²) >= 11 is 0. The first-order chi connectivity index (χ1) is 6.36. The maximum absolute atomic E-state index is 5.14. The fourth-order valence-electron chi connectivity index (χ4n) is 0.989. The molecule has 0 aliphatic carbocycles. The summed E-state index contributed by atoms with van der Waals surface area (Å²) in [4.78, 5) is 0. The predicted octanol–water partition coefficient (Wildman–Crippen LogP) is 0.988. The van der Waals surface area contributed by atoms with Crippen LogP contribution in [0.5, 0.6) is 0 Å². The number of methoxy groups -OCH3 is 2. The van der Waals surface area contributed by atoms with Crippen LogP contribution in [-0.2, 0) is 16.0 Å². The van der Waals surface area contributed by atoms with Crippen LogP contribution >= 0.6 is 0 Å². The molecule has 0 aliphatic heterocycles. The number of hydrogen-bond acceptors (Lipinski definition) is 4. The van der Waals surface area contributed by atoms with E-state index in [1.54, 1.807) is 20.5 Å². The van der Waals surface area contributed by atoms with Gasteiger partial charge in [-0.15, -0.1) is 0 Å². The van der Waals surface area contributed by atoms with E-state index in [0.29, 0.717) is 13.1 Å². The molecule has 1 rings (SSSR count). The molecule has 0 unspecified atom stereocenters. The van der Waals surface area contributed by atoms with Gasteiger partial charge >= 0.3 is 0 Å². The van der Waals surface area contributed by atoms with E-state index in [-0.39, 0.29) is 6.29 Å². The molecule has 74 valence electrons. The first-order valence-corrected chi connectivity index (χ1v) is 4.15. The van der Waals surface area contributed by atoms with Gasteiger partial charge < -0.3 is 19.2 Å². The van der Waals surface area contributed by atoms with Crippen LogP contribution in [0.15, 0.2) is 22.8 Å². The van der Waals surface area contributed by atoms with Crippen LogP contribution in [0.4, 0.5) is 0 Å². The second kappa shape index (κ2) is 5.75. The van der Waals surface area contributed by atoms with Crippen molar-refractivity contribution in [3.8, 4) is 0 Å². The lowest BCUT2D eigenvalue weighted by atomic mass is 10.4. The van der Waals surface area contributed by atoms with Crippen molar-refractivity contribution >= 4 is 0 Å². The highest BCUT2D eigenvalue weighted by Gasteiger charge is 2.03. The Balaban J connectivity index is 2.13. The van der Waals surface area contributed by atoms with E-state index in [0.717, 1.165) is 5.76 Å². The van der Waals surface area contributed by atoms with Gasteiger partial charge in [0.15, 0.2) is 6.29 Å². The van der Waals surface area contributed by atoms with Gasteiger partial charge in [-0.2, -0.15) is 0 Å². The van der Waals surface area contributed by atoms with Crippen LogP contribution in [0.25, 0.3) is 0 Å². The van der Waals surface area contributed by atoms with Crippen LogP contribution in [0.2, 0.25) is 0 Å². The molecular formula is C9H15NO3. The zero-order valence-electron chi connectivity index (χ0n) is 7.95. The maximum atomic E-state index is 5.14. The van der Waals surface area contributed by atoms with Gasteiger partial charge in [0.25, 0.3) is 0 Å². The predicted molar refractivity (Wildman–Crippen MR) is 48.2 cm³/mol. The molecule has 1 N–H and O–H groups in total. The standard InChI is InChI=1S/C9H15NO3/c1-11-9(12-2)7-10-6-8-4-3-5-13-8/h3-5,9-10H,6-7H2,1-2H3. The van der Waals surface area contributed by atoms with E-state index < -0.39 is 0 Å². The molecule has 0 radical (unpaired) electrons. The molecule has 1 aromatic heterocycles. The molecule has 1 aromatic rings. The van der Waals surface area contributed by atoms with Crippen molar-refractivity contribution < 1.29 is 13.9 Å². The normalized spacial score (nSPS) is 11.0. The summed E-state index contributed by atoms with van der Waals surface area (Å²) < 4.78 is 15.1. The molecule has 0 saturated carbocycles. The van der Waals surface area contributed by atoms with Crippen LogP contribution in [-0.4, -0.2) is 27.1 Å². The molecule has 0 saturated heterocycles. The van der Waals surface area contributed by atoms with E-state index >= 15 is 0 Å². The lowest BCUT2D eigenvalue weighted by Crippen LogP contribution is -2.29. The average molecular weight is 185 g/mol. The third-order valence-corrected chi connectivity index (χ3v) is 1.72. The van der Waals surface area contributed by atoms with Gasteiger partial charge in [-0.25, -0.2) is 0 Å². The van der Waals surface area contributed by atoms with E-state index in [2.05, 4.69) is 5.32 Å². The van der Waals surface area contributed by atoms with Crippen molar-refractivity contribution in [2.75, 3.05) is 20.8 Å². The zero-order chi connectivity index (χ0) is 9.52. The van der Waals surface area contributed by atoms with E-state index in [1.807, 2.05) is 12.1 Å². The molecule has 1 heterocycles. The molecule has 0 aromatic carbocycles. The maximum Gasteiger partial charge on any atom is 0.169 e. The summed E-state index contributed by atoms with van der Waals surface area (Å²) in [5, 5.41) is 3.15.